The van der Waals surface area contributed by atoms with E-state index in [-0.39, 0.29) is 18.1 Å². The maximum absolute atomic E-state index is 9.23. The van der Waals surface area contributed by atoms with Crippen molar-refractivity contribution in [2.45, 2.75) is 19.3 Å². The molecule has 0 amide bonds. The number of benzene rings is 1. The molecule has 1 N–H and O–H groups in total. The second kappa shape index (κ2) is 3.36. The summed E-state index contributed by atoms with van der Waals surface area (Å²) < 4.78 is 10.8. The van der Waals surface area contributed by atoms with Gasteiger partial charge in [-0.3, -0.25) is 0 Å². The maximum atomic E-state index is 9.23. The van der Waals surface area contributed by atoms with Crippen LogP contribution in [-0.2, 0) is 9.47 Å². The molecule has 1 aliphatic rings. The fourth-order valence-corrected chi connectivity index (χ4v) is 1.36. The Bertz CT molecular complexity index is 298. The Balaban J connectivity index is 2.16. The van der Waals surface area contributed by atoms with Gasteiger partial charge in [-0.2, -0.15) is 0 Å². The largest absolute Gasteiger partial charge is 0.508 e. The molecule has 3 nitrogen and oxygen atoms in total. The van der Waals surface area contributed by atoms with E-state index < -0.39 is 0 Å². The summed E-state index contributed by atoms with van der Waals surface area (Å²) in [5, 5.41) is 9.23. The Labute approximate surface area is 76.9 Å². The number of hydrogen-bond donors (Lipinski definition) is 1. The first-order chi connectivity index (χ1) is 6.25. The Morgan fingerprint density at radius 3 is 2.92 bits per heavy atom. The monoisotopic (exact) mass is 180 g/mol. The van der Waals surface area contributed by atoms with Crippen LogP contribution in [0.5, 0.6) is 5.75 Å². The smallest absolute Gasteiger partial charge is 0.184 e. The van der Waals surface area contributed by atoms with E-state index in [1.807, 2.05) is 13.0 Å². The van der Waals surface area contributed by atoms with Gasteiger partial charge in [-0.25, -0.2) is 0 Å². The van der Waals surface area contributed by atoms with E-state index >= 15 is 0 Å². The third-order valence-electron chi connectivity index (χ3n) is 1.98. The van der Waals surface area contributed by atoms with Crippen molar-refractivity contribution >= 4 is 0 Å². The van der Waals surface area contributed by atoms with Crippen molar-refractivity contribution in [2.24, 2.45) is 0 Å². The van der Waals surface area contributed by atoms with Crippen molar-refractivity contribution in [3.05, 3.63) is 29.8 Å². The zero-order valence-electron chi connectivity index (χ0n) is 7.43. The van der Waals surface area contributed by atoms with Crippen LogP contribution in [0, 0.1) is 0 Å². The molecule has 0 aliphatic carbocycles. The molecule has 2 unspecified atom stereocenters. The Hall–Kier alpha value is -1.06. The highest BCUT2D eigenvalue weighted by Crippen LogP contribution is 2.28. The van der Waals surface area contributed by atoms with Crippen molar-refractivity contribution in [2.75, 3.05) is 6.61 Å². The lowest BCUT2D eigenvalue weighted by Gasteiger charge is -2.09. The minimum atomic E-state index is -0.318. The summed E-state index contributed by atoms with van der Waals surface area (Å²) in [6, 6.07) is 6.94. The normalized spacial score (nSPS) is 27.8. The molecule has 2 rings (SSSR count). The lowest BCUT2D eigenvalue weighted by Crippen LogP contribution is -2.02. The molecule has 13 heavy (non-hydrogen) atoms. The first-order valence-corrected chi connectivity index (χ1v) is 4.32. The van der Waals surface area contributed by atoms with Gasteiger partial charge in [-0.1, -0.05) is 12.1 Å². The van der Waals surface area contributed by atoms with Gasteiger partial charge in [0.15, 0.2) is 6.29 Å². The molecular weight excluding hydrogens is 168 g/mol. The van der Waals surface area contributed by atoms with E-state index in [4.69, 9.17) is 9.47 Å². The minimum absolute atomic E-state index is 0.132. The zero-order chi connectivity index (χ0) is 9.26. The quantitative estimate of drug-likeness (QED) is 0.716. The molecule has 1 aromatic carbocycles. The molecule has 0 bridgehead atoms. The Morgan fingerprint density at radius 1 is 1.46 bits per heavy atom. The molecule has 0 aromatic heterocycles. The van der Waals surface area contributed by atoms with Gasteiger partial charge < -0.3 is 14.6 Å². The van der Waals surface area contributed by atoms with E-state index in [0.29, 0.717) is 6.61 Å². The first kappa shape index (κ1) is 8.53. The topological polar surface area (TPSA) is 38.7 Å². The van der Waals surface area contributed by atoms with Crippen LogP contribution < -0.4 is 0 Å². The summed E-state index contributed by atoms with van der Waals surface area (Å²) >= 11 is 0. The van der Waals surface area contributed by atoms with Gasteiger partial charge in [0.1, 0.15) is 5.75 Å². The van der Waals surface area contributed by atoms with Crippen molar-refractivity contribution in [3.63, 3.8) is 0 Å². The van der Waals surface area contributed by atoms with Crippen LogP contribution >= 0.6 is 0 Å². The second-order valence-corrected chi connectivity index (χ2v) is 3.21. The zero-order valence-corrected chi connectivity index (χ0v) is 7.43. The van der Waals surface area contributed by atoms with Crippen molar-refractivity contribution in [3.8, 4) is 5.75 Å². The molecule has 1 heterocycles. The van der Waals surface area contributed by atoms with Gasteiger partial charge in [0.05, 0.1) is 12.7 Å². The molecule has 0 saturated carbocycles. The summed E-state index contributed by atoms with van der Waals surface area (Å²) in [6.07, 6.45) is -0.186. The second-order valence-electron chi connectivity index (χ2n) is 3.21. The predicted molar refractivity (Wildman–Crippen MR) is 47.3 cm³/mol. The number of aromatic hydroxyl groups is 1. The molecule has 70 valence electrons. The van der Waals surface area contributed by atoms with Crippen LogP contribution in [-0.4, -0.2) is 17.8 Å². The van der Waals surface area contributed by atoms with Gasteiger partial charge >= 0.3 is 0 Å². The fraction of sp³-hybridized carbons (Fsp3) is 0.400. The molecule has 1 fully saturated rings. The molecule has 1 aromatic rings. The summed E-state index contributed by atoms with van der Waals surface area (Å²) in [5.74, 6) is 0.240. The highest BCUT2D eigenvalue weighted by Gasteiger charge is 2.23. The van der Waals surface area contributed by atoms with Crippen molar-refractivity contribution in [1.82, 2.24) is 0 Å². The van der Waals surface area contributed by atoms with Gasteiger partial charge in [-0.15, -0.1) is 0 Å². The predicted octanol–water partition coefficient (Wildman–Crippen LogP) is 1.83. The van der Waals surface area contributed by atoms with E-state index in [1.54, 1.807) is 18.2 Å². The van der Waals surface area contributed by atoms with Gasteiger partial charge in [-0.05, 0) is 19.1 Å². The highest BCUT2D eigenvalue weighted by molar-refractivity contribution is 5.28. The average molecular weight is 180 g/mol. The third kappa shape index (κ3) is 1.82. The van der Waals surface area contributed by atoms with E-state index in [9.17, 15) is 5.11 Å². The van der Waals surface area contributed by atoms with Crippen molar-refractivity contribution < 1.29 is 14.6 Å². The van der Waals surface area contributed by atoms with Gasteiger partial charge in [0, 0.05) is 5.56 Å². The van der Waals surface area contributed by atoms with E-state index in [0.717, 1.165) is 5.56 Å². The molecule has 3 heteroatoms. The van der Waals surface area contributed by atoms with Gasteiger partial charge in [0.25, 0.3) is 0 Å². The minimum Gasteiger partial charge on any atom is -0.508 e. The maximum Gasteiger partial charge on any atom is 0.184 e. The third-order valence-corrected chi connectivity index (χ3v) is 1.98. The van der Waals surface area contributed by atoms with Crippen LogP contribution in [0.25, 0.3) is 0 Å². The van der Waals surface area contributed by atoms with Crippen LogP contribution in [0.2, 0.25) is 0 Å². The van der Waals surface area contributed by atoms with Crippen LogP contribution in [0.3, 0.4) is 0 Å². The lowest BCUT2D eigenvalue weighted by molar-refractivity contribution is -0.0573. The number of phenols is 1. The first-order valence-electron chi connectivity index (χ1n) is 4.32. The van der Waals surface area contributed by atoms with Crippen LogP contribution in [0.15, 0.2) is 24.3 Å². The fourth-order valence-electron chi connectivity index (χ4n) is 1.36. The SMILES string of the molecule is CC1COC(c2cccc(O)c2)O1. The molecule has 2 atom stereocenters. The molecule has 0 spiro atoms. The lowest BCUT2D eigenvalue weighted by atomic mass is 10.2. The molecule has 1 aliphatic heterocycles. The standard InChI is InChI=1S/C10H12O3/c1-7-6-12-10(13-7)8-3-2-4-9(11)5-8/h2-5,7,10-11H,6H2,1H3. The summed E-state index contributed by atoms with van der Waals surface area (Å²) in [5.41, 5.74) is 0.865. The van der Waals surface area contributed by atoms with E-state index in [2.05, 4.69) is 0 Å². The Morgan fingerprint density at radius 2 is 2.31 bits per heavy atom. The van der Waals surface area contributed by atoms with Crippen LogP contribution in [0.1, 0.15) is 18.8 Å². The number of phenolic OH excluding ortho intramolecular Hbond substituents is 1. The highest BCUT2D eigenvalue weighted by atomic mass is 16.7. The number of hydrogen-bond acceptors (Lipinski definition) is 3. The average Bonchev–Trinajstić information content (AvgIpc) is 2.52. The summed E-state index contributed by atoms with van der Waals surface area (Å²) in [6.45, 7) is 2.57. The van der Waals surface area contributed by atoms with E-state index in [1.165, 1.54) is 0 Å². The molecular formula is C10H12O3. The Kier molecular flexibility index (Phi) is 2.20. The summed E-state index contributed by atoms with van der Waals surface area (Å²) in [7, 11) is 0. The van der Waals surface area contributed by atoms with Crippen molar-refractivity contribution in [1.29, 1.82) is 0 Å². The van der Waals surface area contributed by atoms with Crippen LogP contribution in [0.4, 0.5) is 0 Å². The molecule has 0 radical (unpaired) electrons. The molecule has 1 saturated heterocycles. The number of ether oxygens (including phenoxy) is 2. The van der Waals surface area contributed by atoms with Gasteiger partial charge in [0.2, 0.25) is 0 Å². The number of rotatable bonds is 1. The summed E-state index contributed by atoms with van der Waals surface area (Å²) in [4.78, 5) is 0.